The molecule has 1 aliphatic heterocycles. The molecule has 0 saturated carbocycles. The minimum Gasteiger partial charge on any atom is -0.493 e. The van der Waals surface area contributed by atoms with Crippen LogP contribution in [0.4, 0.5) is 5.69 Å². The van der Waals surface area contributed by atoms with Gasteiger partial charge in [-0.1, -0.05) is 6.92 Å². The fourth-order valence-corrected chi connectivity index (χ4v) is 4.84. The number of primary amides is 1. The topological polar surface area (TPSA) is 128 Å². The Labute approximate surface area is 187 Å². The molecule has 0 bridgehead atoms. The first kappa shape index (κ1) is 23.6. The molecular weight excluding hydrogens is 434 g/mol. The molecule has 32 heavy (non-hydrogen) atoms. The van der Waals surface area contributed by atoms with Crippen molar-refractivity contribution in [3.8, 4) is 11.5 Å². The van der Waals surface area contributed by atoms with Crippen molar-refractivity contribution >= 4 is 27.5 Å². The summed E-state index contributed by atoms with van der Waals surface area (Å²) >= 11 is 0. The molecule has 0 aromatic heterocycles. The van der Waals surface area contributed by atoms with Crippen LogP contribution in [0.25, 0.3) is 0 Å². The second-order valence-electron chi connectivity index (χ2n) is 7.69. The van der Waals surface area contributed by atoms with Gasteiger partial charge in [-0.3, -0.25) is 9.59 Å². The lowest BCUT2D eigenvalue weighted by molar-refractivity contribution is -0.119. The molecule has 0 atom stereocenters. The van der Waals surface area contributed by atoms with Gasteiger partial charge in [-0.2, -0.15) is 4.31 Å². The van der Waals surface area contributed by atoms with Crippen LogP contribution in [0, 0.1) is 5.92 Å². The fraction of sp³-hybridized carbons (Fsp3) is 0.364. The maximum Gasteiger partial charge on any atom is 0.255 e. The maximum absolute atomic E-state index is 12.8. The van der Waals surface area contributed by atoms with Crippen LogP contribution in [-0.2, 0) is 14.8 Å². The largest absolute Gasteiger partial charge is 0.493 e. The molecule has 1 aliphatic rings. The second-order valence-corrected chi connectivity index (χ2v) is 9.62. The number of carbonyl (C=O) groups is 2. The number of nitrogens with one attached hydrogen (secondary N) is 1. The molecule has 0 spiro atoms. The van der Waals surface area contributed by atoms with Gasteiger partial charge in [0.1, 0.15) is 0 Å². The number of methoxy groups -OCH3 is 1. The number of benzene rings is 2. The van der Waals surface area contributed by atoms with E-state index in [4.69, 9.17) is 15.2 Å². The molecule has 1 saturated heterocycles. The van der Waals surface area contributed by atoms with Crippen LogP contribution in [0.15, 0.2) is 47.4 Å². The predicted octanol–water partition coefficient (Wildman–Crippen LogP) is 2.23. The molecular formula is C22H27N3O6S. The maximum atomic E-state index is 12.8. The molecule has 0 unspecified atom stereocenters. The van der Waals surface area contributed by atoms with E-state index in [1.807, 2.05) is 0 Å². The van der Waals surface area contributed by atoms with E-state index in [1.54, 1.807) is 12.1 Å². The predicted molar refractivity (Wildman–Crippen MR) is 119 cm³/mol. The number of nitrogens with zero attached hydrogens (tertiary/aromatic N) is 1. The molecule has 3 N–H and O–H groups in total. The third-order valence-electron chi connectivity index (χ3n) is 5.29. The van der Waals surface area contributed by atoms with Crippen LogP contribution in [0.3, 0.4) is 0 Å². The Bertz CT molecular complexity index is 1080. The van der Waals surface area contributed by atoms with Crippen LogP contribution < -0.4 is 20.5 Å². The number of ether oxygens (including phenoxy) is 2. The summed E-state index contributed by atoms with van der Waals surface area (Å²) in [6.45, 7) is 2.79. The number of nitrogens with two attached hydrogens (primary N) is 1. The summed E-state index contributed by atoms with van der Waals surface area (Å²) in [7, 11) is -2.13. The molecule has 2 amide bonds. The van der Waals surface area contributed by atoms with Crippen LogP contribution >= 0.6 is 0 Å². The van der Waals surface area contributed by atoms with Gasteiger partial charge in [-0.05, 0) is 55.2 Å². The van der Waals surface area contributed by atoms with Crippen molar-refractivity contribution in [1.29, 1.82) is 0 Å². The summed E-state index contributed by atoms with van der Waals surface area (Å²) in [5.74, 6) is 0.0851. The highest BCUT2D eigenvalue weighted by atomic mass is 32.2. The second kappa shape index (κ2) is 10.0. The Morgan fingerprint density at radius 1 is 1.09 bits per heavy atom. The minimum atomic E-state index is -3.58. The van der Waals surface area contributed by atoms with E-state index in [-0.39, 0.29) is 17.3 Å². The Kier molecular flexibility index (Phi) is 7.37. The van der Waals surface area contributed by atoms with E-state index < -0.39 is 21.8 Å². The third-order valence-corrected chi connectivity index (χ3v) is 7.20. The van der Waals surface area contributed by atoms with Crippen LogP contribution in [0.1, 0.15) is 30.1 Å². The van der Waals surface area contributed by atoms with Crippen molar-refractivity contribution < 1.29 is 27.5 Å². The Morgan fingerprint density at radius 2 is 1.75 bits per heavy atom. The van der Waals surface area contributed by atoms with Crippen LogP contribution in [0.5, 0.6) is 11.5 Å². The van der Waals surface area contributed by atoms with Gasteiger partial charge in [-0.25, -0.2) is 8.42 Å². The lowest BCUT2D eigenvalue weighted by Crippen LogP contribution is -2.37. The average molecular weight is 462 g/mol. The number of hydrogen-bond acceptors (Lipinski definition) is 6. The van der Waals surface area contributed by atoms with Gasteiger partial charge >= 0.3 is 0 Å². The normalized spacial score (nSPS) is 15.2. The molecule has 0 aliphatic carbocycles. The Morgan fingerprint density at radius 3 is 2.34 bits per heavy atom. The lowest BCUT2D eigenvalue weighted by atomic mass is 10.0. The summed E-state index contributed by atoms with van der Waals surface area (Å²) in [5, 5.41) is 2.71. The number of piperidine rings is 1. The van der Waals surface area contributed by atoms with Gasteiger partial charge in [-0.15, -0.1) is 0 Å². The van der Waals surface area contributed by atoms with Gasteiger partial charge in [0.25, 0.3) is 11.8 Å². The Balaban J connectivity index is 1.71. The first-order chi connectivity index (χ1) is 15.2. The number of rotatable bonds is 8. The lowest BCUT2D eigenvalue weighted by Gasteiger charge is -2.29. The summed E-state index contributed by atoms with van der Waals surface area (Å²) in [5.41, 5.74) is 5.81. The molecule has 1 heterocycles. The van der Waals surface area contributed by atoms with E-state index in [0.717, 1.165) is 12.8 Å². The van der Waals surface area contributed by atoms with Crippen molar-refractivity contribution in [3.63, 3.8) is 0 Å². The van der Waals surface area contributed by atoms with Gasteiger partial charge in [0.15, 0.2) is 18.1 Å². The standard InChI is InChI=1S/C22H27N3O6S/c1-15-9-11-25(12-10-15)32(28,29)18-6-3-16(4-7-18)22(27)24-17-5-8-19(30-2)20(13-17)31-14-21(23)26/h3-8,13,15H,9-12,14H2,1-2H3,(H2,23,26)(H,24,27). The van der Waals surface area contributed by atoms with Crippen molar-refractivity contribution in [3.05, 3.63) is 48.0 Å². The minimum absolute atomic E-state index is 0.162. The SMILES string of the molecule is COc1ccc(NC(=O)c2ccc(S(=O)(=O)N3CCC(C)CC3)cc2)cc1OCC(N)=O. The van der Waals surface area contributed by atoms with Crippen molar-refractivity contribution in [2.75, 3.05) is 32.1 Å². The Hall–Kier alpha value is -3.11. The summed E-state index contributed by atoms with van der Waals surface area (Å²) < 4.78 is 37.7. The molecule has 0 radical (unpaired) electrons. The highest BCUT2D eigenvalue weighted by molar-refractivity contribution is 7.89. The molecule has 172 valence electrons. The first-order valence-corrected chi connectivity index (χ1v) is 11.7. The highest BCUT2D eigenvalue weighted by Gasteiger charge is 2.28. The zero-order valence-corrected chi connectivity index (χ0v) is 18.9. The van der Waals surface area contributed by atoms with Crippen molar-refractivity contribution in [2.24, 2.45) is 11.7 Å². The average Bonchev–Trinajstić information content (AvgIpc) is 2.78. The molecule has 2 aromatic rings. The smallest absolute Gasteiger partial charge is 0.255 e. The number of amides is 2. The van der Waals surface area contributed by atoms with E-state index in [0.29, 0.717) is 36.0 Å². The van der Waals surface area contributed by atoms with E-state index in [1.165, 1.54) is 41.7 Å². The molecule has 1 fully saturated rings. The molecule has 3 rings (SSSR count). The highest BCUT2D eigenvalue weighted by Crippen LogP contribution is 2.30. The number of hydrogen-bond donors (Lipinski definition) is 2. The first-order valence-electron chi connectivity index (χ1n) is 10.2. The fourth-order valence-electron chi connectivity index (χ4n) is 3.37. The quantitative estimate of drug-likeness (QED) is 0.620. The molecule has 2 aromatic carbocycles. The number of anilines is 1. The van der Waals surface area contributed by atoms with Gasteiger partial charge in [0, 0.05) is 30.4 Å². The number of sulfonamides is 1. The summed E-state index contributed by atoms with van der Waals surface area (Å²) in [4.78, 5) is 23.8. The van der Waals surface area contributed by atoms with Crippen LogP contribution in [-0.4, -0.2) is 51.3 Å². The molecule has 9 nitrogen and oxygen atoms in total. The zero-order chi connectivity index (χ0) is 23.3. The summed E-state index contributed by atoms with van der Waals surface area (Å²) in [6, 6.07) is 10.5. The van der Waals surface area contributed by atoms with E-state index in [2.05, 4.69) is 12.2 Å². The van der Waals surface area contributed by atoms with Crippen molar-refractivity contribution in [1.82, 2.24) is 4.31 Å². The number of carbonyl (C=O) groups excluding carboxylic acids is 2. The summed E-state index contributed by atoms with van der Waals surface area (Å²) in [6.07, 6.45) is 1.68. The monoisotopic (exact) mass is 461 g/mol. The van der Waals surface area contributed by atoms with E-state index >= 15 is 0 Å². The van der Waals surface area contributed by atoms with Crippen molar-refractivity contribution in [2.45, 2.75) is 24.7 Å². The zero-order valence-electron chi connectivity index (χ0n) is 18.0. The molecule has 10 heteroatoms. The van der Waals surface area contributed by atoms with Crippen LogP contribution in [0.2, 0.25) is 0 Å². The van der Waals surface area contributed by atoms with E-state index in [9.17, 15) is 18.0 Å². The van der Waals surface area contributed by atoms with Gasteiger partial charge in [0.2, 0.25) is 10.0 Å². The third kappa shape index (κ3) is 5.57. The van der Waals surface area contributed by atoms with Gasteiger partial charge < -0.3 is 20.5 Å². The van der Waals surface area contributed by atoms with Gasteiger partial charge in [0.05, 0.1) is 12.0 Å².